The van der Waals surface area contributed by atoms with Crippen LogP contribution in [0.5, 0.6) is 0 Å². The molecule has 1 heterocycles. The highest BCUT2D eigenvalue weighted by Crippen LogP contribution is 2.23. The number of likely N-dealkylation sites (N-methyl/N-ethyl adjacent to an activating group) is 2. The lowest BCUT2D eigenvalue weighted by atomic mass is 10.1. The van der Waals surface area contributed by atoms with Crippen molar-refractivity contribution in [3.63, 3.8) is 0 Å². The molecule has 0 amide bonds. The Labute approximate surface area is 121 Å². The van der Waals surface area contributed by atoms with E-state index in [-0.39, 0.29) is 11.9 Å². The van der Waals surface area contributed by atoms with Gasteiger partial charge in [0.1, 0.15) is 5.82 Å². The number of halogens is 1. The molecule has 0 radical (unpaired) electrons. The summed E-state index contributed by atoms with van der Waals surface area (Å²) in [5.41, 5.74) is 1.06. The Balaban J connectivity index is 1.86. The van der Waals surface area contributed by atoms with Crippen molar-refractivity contribution in [2.24, 2.45) is 0 Å². The van der Waals surface area contributed by atoms with Gasteiger partial charge in [0.15, 0.2) is 0 Å². The number of ether oxygens (including phenoxy) is 1. The van der Waals surface area contributed by atoms with Crippen LogP contribution < -0.4 is 10.2 Å². The summed E-state index contributed by atoms with van der Waals surface area (Å²) < 4.78 is 19.0. The van der Waals surface area contributed by atoms with Crippen LogP contribution in [0.15, 0.2) is 24.3 Å². The van der Waals surface area contributed by atoms with Gasteiger partial charge in [0.2, 0.25) is 0 Å². The monoisotopic (exact) mass is 280 g/mol. The number of benzene rings is 1. The van der Waals surface area contributed by atoms with E-state index in [1.807, 2.05) is 12.1 Å². The molecule has 1 N–H and O–H groups in total. The molecule has 2 unspecified atom stereocenters. The Morgan fingerprint density at radius 1 is 1.20 bits per heavy atom. The smallest absolute Gasteiger partial charge is 0.123 e. The molecule has 1 aliphatic heterocycles. The molecule has 0 aromatic heterocycles. The standard InChI is InChI=1S/C16H25FN2O/c1-3-18-11-15-9-10-16(20-15)12-19(4-2)14-7-5-13(17)6-8-14/h5-8,15-16,18H,3-4,9-12H2,1-2H3. The minimum atomic E-state index is -0.187. The molecule has 2 rings (SSSR count). The summed E-state index contributed by atoms with van der Waals surface area (Å²) in [4.78, 5) is 2.25. The summed E-state index contributed by atoms with van der Waals surface area (Å²) in [6.07, 6.45) is 2.85. The second-order valence-corrected chi connectivity index (χ2v) is 5.28. The van der Waals surface area contributed by atoms with E-state index in [1.165, 1.54) is 12.1 Å². The molecule has 1 aromatic carbocycles. The molecule has 1 aliphatic rings. The molecule has 112 valence electrons. The Morgan fingerprint density at radius 2 is 1.90 bits per heavy atom. The molecular formula is C16H25FN2O. The highest BCUT2D eigenvalue weighted by Gasteiger charge is 2.26. The fourth-order valence-corrected chi connectivity index (χ4v) is 2.68. The molecule has 1 aromatic rings. The Morgan fingerprint density at radius 3 is 2.55 bits per heavy atom. The lowest BCUT2D eigenvalue weighted by Gasteiger charge is -2.26. The molecule has 0 saturated carbocycles. The van der Waals surface area contributed by atoms with Crippen LogP contribution in [-0.4, -0.2) is 38.4 Å². The average Bonchev–Trinajstić information content (AvgIpc) is 2.91. The minimum Gasteiger partial charge on any atom is -0.372 e. The fourth-order valence-electron chi connectivity index (χ4n) is 2.68. The number of hydrogen-bond acceptors (Lipinski definition) is 3. The van der Waals surface area contributed by atoms with E-state index in [1.54, 1.807) is 0 Å². The van der Waals surface area contributed by atoms with Gasteiger partial charge in [-0.05, 0) is 50.6 Å². The highest BCUT2D eigenvalue weighted by molar-refractivity contribution is 5.46. The van der Waals surface area contributed by atoms with Crippen molar-refractivity contribution in [1.29, 1.82) is 0 Å². The Kier molecular flexibility index (Phi) is 5.80. The predicted molar refractivity (Wildman–Crippen MR) is 80.7 cm³/mol. The summed E-state index contributed by atoms with van der Waals surface area (Å²) in [6, 6.07) is 6.71. The highest BCUT2D eigenvalue weighted by atomic mass is 19.1. The van der Waals surface area contributed by atoms with Gasteiger partial charge in [0.05, 0.1) is 12.2 Å². The number of hydrogen-bond donors (Lipinski definition) is 1. The first-order valence-electron chi connectivity index (χ1n) is 7.59. The van der Waals surface area contributed by atoms with Crippen molar-refractivity contribution in [2.75, 3.05) is 31.1 Å². The number of anilines is 1. The third kappa shape index (κ3) is 4.18. The van der Waals surface area contributed by atoms with Crippen molar-refractivity contribution in [3.05, 3.63) is 30.1 Å². The molecule has 2 atom stereocenters. The second-order valence-electron chi connectivity index (χ2n) is 5.28. The number of nitrogens with zero attached hydrogens (tertiary/aromatic N) is 1. The summed E-state index contributed by atoms with van der Waals surface area (Å²) >= 11 is 0. The van der Waals surface area contributed by atoms with Crippen LogP contribution in [0.4, 0.5) is 10.1 Å². The van der Waals surface area contributed by atoms with Gasteiger partial charge in [-0.15, -0.1) is 0 Å². The third-order valence-electron chi connectivity index (χ3n) is 3.82. The van der Waals surface area contributed by atoms with E-state index in [4.69, 9.17) is 4.74 Å². The van der Waals surface area contributed by atoms with Crippen molar-refractivity contribution in [3.8, 4) is 0 Å². The summed E-state index contributed by atoms with van der Waals surface area (Å²) in [5, 5.41) is 3.34. The zero-order valence-corrected chi connectivity index (χ0v) is 12.4. The summed E-state index contributed by atoms with van der Waals surface area (Å²) in [5.74, 6) is -0.187. The second kappa shape index (κ2) is 7.60. The molecule has 4 heteroatoms. The molecule has 3 nitrogen and oxygen atoms in total. The van der Waals surface area contributed by atoms with Crippen LogP contribution in [-0.2, 0) is 4.74 Å². The SMILES string of the molecule is CCNCC1CCC(CN(CC)c2ccc(F)cc2)O1. The van der Waals surface area contributed by atoms with Crippen molar-refractivity contribution < 1.29 is 9.13 Å². The largest absolute Gasteiger partial charge is 0.372 e. The van der Waals surface area contributed by atoms with E-state index < -0.39 is 0 Å². The number of nitrogens with one attached hydrogen (secondary N) is 1. The maximum atomic E-state index is 13.0. The van der Waals surface area contributed by atoms with E-state index in [0.29, 0.717) is 6.10 Å². The fraction of sp³-hybridized carbons (Fsp3) is 0.625. The Bertz CT molecular complexity index is 396. The normalized spacial score (nSPS) is 22.1. The molecule has 0 aliphatic carbocycles. The van der Waals surface area contributed by atoms with Gasteiger partial charge in [-0.3, -0.25) is 0 Å². The van der Waals surface area contributed by atoms with E-state index in [9.17, 15) is 4.39 Å². The topological polar surface area (TPSA) is 24.5 Å². The van der Waals surface area contributed by atoms with Crippen molar-refractivity contribution in [1.82, 2.24) is 5.32 Å². The maximum absolute atomic E-state index is 13.0. The Hall–Kier alpha value is -1.13. The van der Waals surface area contributed by atoms with Gasteiger partial charge in [0, 0.05) is 25.3 Å². The van der Waals surface area contributed by atoms with Crippen LogP contribution in [0.25, 0.3) is 0 Å². The summed E-state index contributed by atoms with van der Waals surface area (Å²) in [7, 11) is 0. The summed E-state index contributed by atoms with van der Waals surface area (Å²) in [6.45, 7) is 7.94. The first-order chi connectivity index (χ1) is 9.72. The quantitative estimate of drug-likeness (QED) is 0.831. The zero-order valence-electron chi connectivity index (χ0n) is 12.4. The van der Waals surface area contributed by atoms with Crippen LogP contribution in [0.1, 0.15) is 26.7 Å². The maximum Gasteiger partial charge on any atom is 0.123 e. The third-order valence-corrected chi connectivity index (χ3v) is 3.82. The molecular weight excluding hydrogens is 255 g/mol. The average molecular weight is 280 g/mol. The zero-order chi connectivity index (χ0) is 14.4. The molecule has 0 bridgehead atoms. The molecule has 20 heavy (non-hydrogen) atoms. The predicted octanol–water partition coefficient (Wildman–Crippen LogP) is 2.81. The van der Waals surface area contributed by atoms with Gasteiger partial charge < -0.3 is 15.0 Å². The van der Waals surface area contributed by atoms with Crippen molar-refractivity contribution in [2.45, 2.75) is 38.9 Å². The van der Waals surface area contributed by atoms with Gasteiger partial charge in [-0.25, -0.2) is 4.39 Å². The van der Waals surface area contributed by atoms with Crippen molar-refractivity contribution >= 4 is 5.69 Å². The van der Waals surface area contributed by atoms with Crippen LogP contribution >= 0.6 is 0 Å². The van der Waals surface area contributed by atoms with Gasteiger partial charge in [-0.1, -0.05) is 6.92 Å². The van der Waals surface area contributed by atoms with E-state index >= 15 is 0 Å². The van der Waals surface area contributed by atoms with Crippen LogP contribution in [0.2, 0.25) is 0 Å². The molecule has 1 saturated heterocycles. The number of rotatable bonds is 7. The van der Waals surface area contributed by atoms with Crippen LogP contribution in [0.3, 0.4) is 0 Å². The lowest BCUT2D eigenvalue weighted by molar-refractivity contribution is 0.0498. The van der Waals surface area contributed by atoms with Crippen LogP contribution in [0, 0.1) is 5.82 Å². The molecule has 1 fully saturated rings. The van der Waals surface area contributed by atoms with Gasteiger partial charge in [0.25, 0.3) is 0 Å². The van der Waals surface area contributed by atoms with Gasteiger partial charge in [-0.2, -0.15) is 0 Å². The van der Waals surface area contributed by atoms with Gasteiger partial charge >= 0.3 is 0 Å². The van der Waals surface area contributed by atoms with E-state index in [0.717, 1.165) is 44.7 Å². The lowest BCUT2D eigenvalue weighted by Crippen LogP contribution is -2.34. The first kappa shape index (κ1) is 15.3. The van der Waals surface area contributed by atoms with E-state index in [2.05, 4.69) is 24.1 Å². The first-order valence-corrected chi connectivity index (χ1v) is 7.59. The minimum absolute atomic E-state index is 0.187. The molecule has 0 spiro atoms.